The van der Waals surface area contributed by atoms with Crippen LogP contribution in [0.1, 0.15) is 24.6 Å². The minimum atomic E-state index is -3.30. The van der Waals surface area contributed by atoms with Crippen molar-refractivity contribution in [2.75, 3.05) is 26.2 Å². The standard InChI is InChI=1S/C14H22N2O2S2/c1-2-9-15-10-8-13-6-7-14(19-13)20(17,18)16-11-4-3-5-12-16/h3-4,6-7,15H,2,5,8-12H2,1H3. The Kier molecular flexibility index (Phi) is 5.77. The highest BCUT2D eigenvalue weighted by Gasteiger charge is 2.25. The first-order valence-electron chi connectivity index (χ1n) is 7.09. The molecule has 0 atom stereocenters. The summed E-state index contributed by atoms with van der Waals surface area (Å²) in [5.74, 6) is 0. The van der Waals surface area contributed by atoms with Crippen LogP contribution >= 0.6 is 11.3 Å². The van der Waals surface area contributed by atoms with Crippen molar-refractivity contribution in [3.8, 4) is 0 Å². The topological polar surface area (TPSA) is 49.4 Å². The van der Waals surface area contributed by atoms with Gasteiger partial charge in [-0.05, 0) is 44.5 Å². The minimum Gasteiger partial charge on any atom is -0.316 e. The molecule has 0 saturated heterocycles. The fourth-order valence-corrected chi connectivity index (χ4v) is 5.03. The van der Waals surface area contributed by atoms with Gasteiger partial charge in [-0.25, -0.2) is 8.42 Å². The average molecular weight is 314 g/mol. The SMILES string of the molecule is CCCNCCc1ccc(S(=O)(=O)N2CC=CCC2)s1. The summed E-state index contributed by atoms with van der Waals surface area (Å²) in [6.45, 7) is 5.13. The third kappa shape index (κ3) is 3.91. The predicted molar refractivity (Wildman–Crippen MR) is 83.7 cm³/mol. The fraction of sp³-hybridized carbons (Fsp3) is 0.571. The number of nitrogens with one attached hydrogen (secondary N) is 1. The Balaban J connectivity index is 1.98. The summed E-state index contributed by atoms with van der Waals surface area (Å²) >= 11 is 1.40. The van der Waals surface area contributed by atoms with E-state index in [1.165, 1.54) is 11.3 Å². The molecule has 112 valence electrons. The molecule has 1 aliphatic heterocycles. The maximum absolute atomic E-state index is 12.5. The van der Waals surface area contributed by atoms with Crippen LogP contribution < -0.4 is 5.32 Å². The van der Waals surface area contributed by atoms with Crippen molar-refractivity contribution in [1.29, 1.82) is 0 Å². The number of sulfonamides is 1. The second-order valence-corrected chi connectivity index (χ2v) is 8.18. The molecule has 1 aromatic heterocycles. The summed E-state index contributed by atoms with van der Waals surface area (Å²) in [7, 11) is -3.30. The van der Waals surface area contributed by atoms with Crippen molar-refractivity contribution >= 4 is 21.4 Å². The lowest BCUT2D eigenvalue weighted by Crippen LogP contribution is -2.33. The van der Waals surface area contributed by atoms with Crippen molar-refractivity contribution in [2.24, 2.45) is 0 Å². The van der Waals surface area contributed by atoms with Crippen LogP contribution in [0.5, 0.6) is 0 Å². The molecule has 6 heteroatoms. The molecule has 0 aromatic carbocycles. The van der Waals surface area contributed by atoms with E-state index in [1.54, 1.807) is 10.4 Å². The van der Waals surface area contributed by atoms with E-state index in [2.05, 4.69) is 12.2 Å². The van der Waals surface area contributed by atoms with Gasteiger partial charge in [-0.3, -0.25) is 0 Å². The normalized spacial score (nSPS) is 16.6. The summed E-state index contributed by atoms with van der Waals surface area (Å²) in [4.78, 5) is 1.12. The van der Waals surface area contributed by atoms with Gasteiger partial charge in [0.25, 0.3) is 10.0 Å². The molecule has 0 unspecified atom stereocenters. The zero-order chi connectivity index (χ0) is 14.4. The van der Waals surface area contributed by atoms with Crippen LogP contribution in [0.25, 0.3) is 0 Å². The second kappa shape index (κ2) is 7.36. The highest BCUT2D eigenvalue weighted by Crippen LogP contribution is 2.26. The van der Waals surface area contributed by atoms with Crippen molar-refractivity contribution in [1.82, 2.24) is 9.62 Å². The Bertz CT molecular complexity index is 549. The molecule has 0 amide bonds. The largest absolute Gasteiger partial charge is 0.316 e. The molecule has 2 heterocycles. The monoisotopic (exact) mass is 314 g/mol. The van der Waals surface area contributed by atoms with E-state index in [-0.39, 0.29) is 0 Å². The Morgan fingerprint density at radius 3 is 2.85 bits per heavy atom. The van der Waals surface area contributed by atoms with Crippen LogP contribution in [0.3, 0.4) is 0 Å². The Morgan fingerprint density at radius 1 is 1.30 bits per heavy atom. The van der Waals surface area contributed by atoms with Gasteiger partial charge in [-0.2, -0.15) is 4.31 Å². The van der Waals surface area contributed by atoms with Crippen molar-refractivity contribution in [2.45, 2.75) is 30.4 Å². The lowest BCUT2D eigenvalue weighted by Gasteiger charge is -2.21. The molecule has 1 aliphatic rings. The maximum Gasteiger partial charge on any atom is 0.252 e. The molecule has 0 aliphatic carbocycles. The van der Waals surface area contributed by atoms with Crippen molar-refractivity contribution in [3.05, 3.63) is 29.2 Å². The highest BCUT2D eigenvalue weighted by molar-refractivity contribution is 7.91. The molecule has 4 nitrogen and oxygen atoms in total. The predicted octanol–water partition coefficient (Wildman–Crippen LogP) is 2.24. The number of rotatable bonds is 7. The highest BCUT2D eigenvalue weighted by atomic mass is 32.2. The number of nitrogens with zero attached hydrogens (tertiary/aromatic N) is 1. The van der Waals surface area contributed by atoms with Gasteiger partial charge in [0.2, 0.25) is 0 Å². The lowest BCUT2D eigenvalue weighted by molar-refractivity contribution is 0.439. The van der Waals surface area contributed by atoms with Crippen molar-refractivity contribution < 1.29 is 8.42 Å². The van der Waals surface area contributed by atoms with E-state index < -0.39 is 10.0 Å². The van der Waals surface area contributed by atoms with E-state index in [0.717, 1.165) is 37.2 Å². The molecule has 0 radical (unpaired) electrons. The third-order valence-electron chi connectivity index (χ3n) is 3.23. The lowest BCUT2D eigenvalue weighted by atomic mass is 10.3. The molecule has 0 spiro atoms. The summed E-state index contributed by atoms with van der Waals surface area (Å²) in [5.41, 5.74) is 0. The minimum absolute atomic E-state index is 0.471. The molecule has 1 N–H and O–H groups in total. The van der Waals surface area contributed by atoms with E-state index in [1.807, 2.05) is 18.2 Å². The van der Waals surface area contributed by atoms with Gasteiger partial charge in [-0.1, -0.05) is 19.1 Å². The number of hydrogen-bond acceptors (Lipinski definition) is 4. The molecular weight excluding hydrogens is 292 g/mol. The van der Waals surface area contributed by atoms with Crippen molar-refractivity contribution in [3.63, 3.8) is 0 Å². The Morgan fingerprint density at radius 2 is 2.15 bits per heavy atom. The van der Waals surface area contributed by atoms with Crippen LogP contribution in [0, 0.1) is 0 Å². The van der Waals surface area contributed by atoms with Crippen LogP contribution in [0.2, 0.25) is 0 Å². The van der Waals surface area contributed by atoms with Gasteiger partial charge in [0.15, 0.2) is 0 Å². The quantitative estimate of drug-likeness (QED) is 0.620. The van der Waals surface area contributed by atoms with Gasteiger partial charge in [0.05, 0.1) is 0 Å². The molecule has 20 heavy (non-hydrogen) atoms. The molecule has 0 bridgehead atoms. The molecular formula is C14H22N2O2S2. The summed E-state index contributed by atoms with van der Waals surface area (Å²) in [6, 6.07) is 3.68. The first-order chi connectivity index (χ1) is 9.64. The first-order valence-corrected chi connectivity index (χ1v) is 9.35. The van der Waals surface area contributed by atoms with Crippen LogP contribution in [-0.2, 0) is 16.4 Å². The summed E-state index contributed by atoms with van der Waals surface area (Å²) in [6.07, 6.45) is 6.76. The van der Waals surface area contributed by atoms with Gasteiger partial charge in [-0.15, -0.1) is 11.3 Å². The van der Waals surface area contributed by atoms with Gasteiger partial charge >= 0.3 is 0 Å². The van der Waals surface area contributed by atoms with E-state index in [0.29, 0.717) is 17.3 Å². The van der Waals surface area contributed by atoms with Crippen LogP contribution in [0.15, 0.2) is 28.5 Å². The number of hydrogen-bond donors (Lipinski definition) is 1. The summed E-state index contributed by atoms with van der Waals surface area (Å²) < 4.78 is 27.0. The van der Waals surface area contributed by atoms with E-state index >= 15 is 0 Å². The Hall–Kier alpha value is -0.690. The summed E-state index contributed by atoms with van der Waals surface area (Å²) in [5, 5.41) is 3.33. The molecule has 0 fully saturated rings. The average Bonchev–Trinajstić information content (AvgIpc) is 2.94. The van der Waals surface area contributed by atoms with Crippen LogP contribution in [-0.4, -0.2) is 38.9 Å². The second-order valence-electron chi connectivity index (χ2n) is 4.84. The Labute approximate surface area is 125 Å². The first kappa shape index (κ1) is 15.7. The number of thiophene rings is 1. The van der Waals surface area contributed by atoms with Crippen LogP contribution in [0.4, 0.5) is 0 Å². The molecule has 0 saturated carbocycles. The molecule has 1 aromatic rings. The van der Waals surface area contributed by atoms with E-state index in [4.69, 9.17) is 0 Å². The van der Waals surface area contributed by atoms with Gasteiger partial charge in [0, 0.05) is 18.0 Å². The molecule has 2 rings (SSSR count). The van der Waals surface area contributed by atoms with Gasteiger partial charge in [0.1, 0.15) is 4.21 Å². The smallest absolute Gasteiger partial charge is 0.252 e. The zero-order valence-corrected chi connectivity index (χ0v) is 13.5. The van der Waals surface area contributed by atoms with E-state index in [9.17, 15) is 8.42 Å². The maximum atomic E-state index is 12.5. The zero-order valence-electron chi connectivity index (χ0n) is 11.8. The third-order valence-corrected chi connectivity index (χ3v) is 6.70. The van der Waals surface area contributed by atoms with Gasteiger partial charge < -0.3 is 5.32 Å². The fourth-order valence-electron chi connectivity index (χ4n) is 2.11.